The second-order valence-corrected chi connectivity index (χ2v) is 6.55. The standard InChI is InChI=1S/C12H17OSi/c1-2-13-11-5-7-12(8-6-11)14-9-3-4-10-14/h5-8H,2-4,9-10H2,1H3. The molecule has 2 rings (SSSR count). The fourth-order valence-corrected chi connectivity index (χ4v) is 4.86. The minimum atomic E-state index is -0.176. The summed E-state index contributed by atoms with van der Waals surface area (Å²) >= 11 is 0. The highest BCUT2D eigenvalue weighted by Crippen LogP contribution is 2.19. The van der Waals surface area contributed by atoms with E-state index in [1.165, 1.54) is 24.9 Å². The van der Waals surface area contributed by atoms with Gasteiger partial charge in [-0.25, -0.2) is 0 Å². The third-order valence-corrected chi connectivity index (χ3v) is 5.84. The van der Waals surface area contributed by atoms with E-state index >= 15 is 0 Å². The molecule has 1 heterocycles. The Bertz CT molecular complexity index is 275. The number of ether oxygens (including phenoxy) is 1. The topological polar surface area (TPSA) is 9.23 Å². The van der Waals surface area contributed by atoms with Crippen LogP contribution in [0.4, 0.5) is 0 Å². The molecule has 1 fully saturated rings. The molecule has 14 heavy (non-hydrogen) atoms. The molecule has 0 saturated carbocycles. The first-order valence-electron chi connectivity index (χ1n) is 5.48. The molecule has 75 valence electrons. The van der Waals surface area contributed by atoms with Gasteiger partial charge in [-0.05, 0) is 19.1 Å². The zero-order valence-corrected chi connectivity index (χ0v) is 9.75. The minimum Gasteiger partial charge on any atom is -0.494 e. The highest BCUT2D eigenvalue weighted by atomic mass is 28.3. The van der Waals surface area contributed by atoms with Crippen molar-refractivity contribution < 1.29 is 4.74 Å². The molecule has 0 spiro atoms. The van der Waals surface area contributed by atoms with Gasteiger partial charge in [0.25, 0.3) is 0 Å². The average molecular weight is 205 g/mol. The van der Waals surface area contributed by atoms with E-state index in [-0.39, 0.29) is 8.80 Å². The second kappa shape index (κ2) is 4.65. The fraction of sp³-hybridized carbons (Fsp3) is 0.500. The van der Waals surface area contributed by atoms with Gasteiger partial charge in [0.15, 0.2) is 0 Å². The Morgan fingerprint density at radius 1 is 1.14 bits per heavy atom. The van der Waals surface area contributed by atoms with Crippen LogP contribution in [0.3, 0.4) is 0 Å². The number of hydrogen-bond acceptors (Lipinski definition) is 1. The van der Waals surface area contributed by atoms with Gasteiger partial charge in [0, 0.05) is 0 Å². The van der Waals surface area contributed by atoms with E-state index in [2.05, 4.69) is 24.3 Å². The number of benzene rings is 1. The van der Waals surface area contributed by atoms with Gasteiger partial charge in [-0.1, -0.05) is 42.2 Å². The fourth-order valence-electron chi connectivity index (χ4n) is 2.04. The molecule has 1 aromatic carbocycles. The summed E-state index contributed by atoms with van der Waals surface area (Å²) in [7, 11) is -0.176. The first-order chi connectivity index (χ1) is 6.90. The van der Waals surface area contributed by atoms with E-state index in [0.29, 0.717) is 0 Å². The van der Waals surface area contributed by atoms with Crippen LogP contribution in [-0.2, 0) is 0 Å². The van der Waals surface area contributed by atoms with Gasteiger partial charge < -0.3 is 4.74 Å². The lowest BCUT2D eigenvalue weighted by Crippen LogP contribution is -2.25. The third-order valence-electron chi connectivity index (χ3n) is 2.78. The molecule has 0 atom stereocenters. The number of hydrogen-bond donors (Lipinski definition) is 0. The molecule has 1 radical (unpaired) electrons. The average Bonchev–Trinajstić information content (AvgIpc) is 2.72. The summed E-state index contributed by atoms with van der Waals surface area (Å²) in [5.74, 6) is 1.01. The van der Waals surface area contributed by atoms with E-state index in [4.69, 9.17) is 4.74 Å². The van der Waals surface area contributed by atoms with Crippen LogP contribution in [0.25, 0.3) is 0 Å². The van der Waals surface area contributed by atoms with Crippen molar-refractivity contribution in [2.75, 3.05) is 6.61 Å². The highest BCUT2D eigenvalue weighted by Gasteiger charge is 2.18. The maximum Gasteiger partial charge on any atom is 0.119 e. The van der Waals surface area contributed by atoms with Crippen molar-refractivity contribution in [3.05, 3.63) is 24.3 Å². The predicted molar refractivity (Wildman–Crippen MR) is 61.8 cm³/mol. The Hall–Kier alpha value is -0.763. The summed E-state index contributed by atoms with van der Waals surface area (Å²) in [5.41, 5.74) is 0. The molecule has 0 aliphatic carbocycles. The van der Waals surface area contributed by atoms with Gasteiger partial charge in [-0.15, -0.1) is 0 Å². The van der Waals surface area contributed by atoms with Crippen molar-refractivity contribution in [3.8, 4) is 5.75 Å². The van der Waals surface area contributed by atoms with Crippen LogP contribution in [-0.4, -0.2) is 15.4 Å². The quantitative estimate of drug-likeness (QED) is 0.689. The molecule has 2 heteroatoms. The SMILES string of the molecule is CCOc1ccc([Si]2CCCC2)cc1. The normalized spacial score (nSPS) is 17.2. The van der Waals surface area contributed by atoms with Crippen LogP contribution in [0, 0.1) is 0 Å². The van der Waals surface area contributed by atoms with E-state index in [9.17, 15) is 0 Å². The van der Waals surface area contributed by atoms with Crippen LogP contribution in [0.2, 0.25) is 12.1 Å². The molecule has 1 saturated heterocycles. The summed E-state index contributed by atoms with van der Waals surface area (Å²) in [6.45, 7) is 2.79. The Labute approximate surface area is 87.7 Å². The van der Waals surface area contributed by atoms with Crippen molar-refractivity contribution in [1.82, 2.24) is 0 Å². The summed E-state index contributed by atoms with van der Waals surface area (Å²) in [5, 5.41) is 1.59. The highest BCUT2D eigenvalue weighted by molar-refractivity contribution is 6.73. The van der Waals surface area contributed by atoms with E-state index < -0.39 is 0 Å². The van der Waals surface area contributed by atoms with E-state index in [1.54, 1.807) is 5.19 Å². The van der Waals surface area contributed by atoms with Crippen LogP contribution < -0.4 is 9.92 Å². The van der Waals surface area contributed by atoms with Crippen molar-refractivity contribution in [2.24, 2.45) is 0 Å². The molecule has 0 aromatic heterocycles. The van der Waals surface area contributed by atoms with Gasteiger partial charge in [-0.2, -0.15) is 0 Å². The predicted octanol–water partition coefficient (Wildman–Crippen LogP) is 2.58. The molecule has 0 unspecified atom stereocenters. The Morgan fingerprint density at radius 2 is 1.79 bits per heavy atom. The van der Waals surface area contributed by atoms with Crippen LogP contribution >= 0.6 is 0 Å². The molecule has 1 aromatic rings. The van der Waals surface area contributed by atoms with E-state index in [1.807, 2.05) is 6.92 Å². The molecule has 0 bridgehead atoms. The maximum absolute atomic E-state index is 5.43. The minimum absolute atomic E-state index is 0.176. The van der Waals surface area contributed by atoms with Crippen LogP contribution in [0.1, 0.15) is 19.8 Å². The monoisotopic (exact) mass is 205 g/mol. The van der Waals surface area contributed by atoms with Gasteiger partial charge >= 0.3 is 0 Å². The molecular formula is C12H17OSi. The molecule has 1 aliphatic heterocycles. The van der Waals surface area contributed by atoms with Gasteiger partial charge in [0.2, 0.25) is 0 Å². The lowest BCUT2D eigenvalue weighted by atomic mass is 10.3. The van der Waals surface area contributed by atoms with E-state index in [0.717, 1.165) is 12.4 Å². The molecule has 1 aliphatic rings. The molecule has 0 amide bonds. The maximum atomic E-state index is 5.43. The Balaban J connectivity index is 2.05. The molecule has 0 N–H and O–H groups in total. The summed E-state index contributed by atoms with van der Waals surface area (Å²) < 4.78 is 5.43. The second-order valence-electron chi connectivity index (χ2n) is 3.77. The zero-order valence-electron chi connectivity index (χ0n) is 8.75. The smallest absolute Gasteiger partial charge is 0.119 e. The Kier molecular flexibility index (Phi) is 3.25. The van der Waals surface area contributed by atoms with Gasteiger partial charge in [0.05, 0.1) is 15.4 Å². The van der Waals surface area contributed by atoms with Crippen molar-refractivity contribution >= 4 is 14.0 Å². The first-order valence-corrected chi connectivity index (χ1v) is 7.39. The van der Waals surface area contributed by atoms with Crippen molar-refractivity contribution in [2.45, 2.75) is 31.9 Å². The Morgan fingerprint density at radius 3 is 2.36 bits per heavy atom. The van der Waals surface area contributed by atoms with Crippen LogP contribution in [0.5, 0.6) is 5.75 Å². The lowest BCUT2D eigenvalue weighted by molar-refractivity contribution is 0.340. The number of rotatable bonds is 3. The van der Waals surface area contributed by atoms with Crippen molar-refractivity contribution in [3.63, 3.8) is 0 Å². The zero-order chi connectivity index (χ0) is 9.80. The summed E-state index contributed by atoms with van der Waals surface area (Å²) in [6, 6.07) is 11.7. The molecule has 1 nitrogen and oxygen atoms in total. The largest absolute Gasteiger partial charge is 0.494 e. The van der Waals surface area contributed by atoms with Crippen molar-refractivity contribution in [1.29, 1.82) is 0 Å². The summed E-state index contributed by atoms with van der Waals surface area (Å²) in [4.78, 5) is 0. The van der Waals surface area contributed by atoms with Crippen LogP contribution in [0.15, 0.2) is 24.3 Å². The summed E-state index contributed by atoms with van der Waals surface area (Å²) in [6.07, 6.45) is 2.89. The lowest BCUT2D eigenvalue weighted by Gasteiger charge is -2.08. The first kappa shape index (κ1) is 9.78. The van der Waals surface area contributed by atoms with Gasteiger partial charge in [-0.3, -0.25) is 0 Å². The molecular weight excluding hydrogens is 188 g/mol. The third kappa shape index (κ3) is 2.18. The van der Waals surface area contributed by atoms with Gasteiger partial charge in [0.1, 0.15) is 5.75 Å².